The summed E-state index contributed by atoms with van der Waals surface area (Å²) in [6, 6.07) is 11.2. The molecule has 0 fully saturated rings. The molecule has 0 spiro atoms. The number of hydrogen-bond acceptors (Lipinski definition) is 5. The highest BCUT2D eigenvalue weighted by atomic mass is 32.1. The first kappa shape index (κ1) is 18.3. The number of carbonyl (C=O) groups is 2. The number of aromatic nitrogens is 2. The second kappa shape index (κ2) is 7.90. The minimum atomic E-state index is -0.270. The molecule has 2 N–H and O–H groups in total. The van der Waals surface area contributed by atoms with Gasteiger partial charge in [-0.1, -0.05) is 23.8 Å². The van der Waals surface area contributed by atoms with E-state index in [0.29, 0.717) is 17.2 Å². The average molecular weight is 392 g/mol. The van der Waals surface area contributed by atoms with Crippen LogP contribution in [0.1, 0.15) is 44.4 Å². The number of rotatable bonds is 5. The van der Waals surface area contributed by atoms with Crippen molar-refractivity contribution in [2.24, 2.45) is 0 Å². The maximum absolute atomic E-state index is 12.6. The summed E-state index contributed by atoms with van der Waals surface area (Å²) in [6.45, 7) is 2.42. The van der Waals surface area contributed by atoms with Crippen molar-refractivity contribution in [1.29, 1.82) is 0 Å². The third-order valence-corrected chi connectivity index (χ3v) is 5.80. The summed E-state index contributed by atoms with van der Waals surface area (Å²) < 4.78 is 0. The molecule has 0 radical (unpaired) electrons. The third kappa shape index (κ3) is 3.94. The molecule has 4 rings (SSSR count). The smallest absolute Gasteiger partial charge is 0.257 e. The molecule has 0 saturated carbocycles. The zero-order valence-electron chi connectivity index (χ0n) is 15.4. The second-order valence-electron chi connectivity index (χ2n) is 6.82. The van der Waals surface area contributed by atoms with Gasteiger partial charge in [-0.05, 0) is 43.5 Å². The van der Waals surface area contributed by atoms with Gasteiger partial charge in [0.25, 0.3) is 5.91 Å². The van der Waals surface area contributed by atoms with Gasteiger partial charge in [-0.25, -0.2) is 4.98 Å². The Morgan fingerprint density at radius 3 is 2.79 bits per heavy atom. The number of benzene rings is 1. The lowest BCUT2D eigenvalue weighted by Crippen LogP contribution is -2.28. The van der Waals surface area contributed by atoms with E-state index in [1.54, 1.807) is 24.5 Å². The molecule has 2 amide bonds. The molecule has 1 atom stereocenters. The molecule has 0 saturated heterocycles. The molecule has 0 aliphatic heterocycles. The minimum Gasteiger partial charge on any atom is -0.351 e. The highest BCUT2D eigenvalue weighted by molar-refractivity contribution is 7.16. The summed E-state index contributed by atoms with van der Waals surface area (Å²) in [5.41, 5.74) is 3.43. The summed E-state index contributed by atoms with van der Waals surface area (Å²) in [5.74, 6) is -0.498. The van der Waals surface area contributed by atoms with Crippen LogP contribution in [0.5, 0.6) is 0 Å². The molecule has 1 aliphatic carbocycles. The third-order valence-electron chi connectivity index (χ3n) is 4.76. The van der Waals surface area contributed by atoms with Crippen LogP contribution in [0.4, 0.5) is 5.13 Å². The van der Waals surface area contributed by atoms with Gasteiger partial charge in [0.05, 0.1) is 11.6 Å². The molecule has 1 unspecified atom stereocenters. The van der Waals surface area contributed by atoms with Crippen LogP contribution in [0.3, 0.4) is 0 Å². The van der Waals surface area contributed by atoms with Crippen LogP contribution in [-0.2, 0) is 17.8 Å². The number of carbonyl (C=O) groups excluding carboxylic acids is 2. The van der Waals surface area contributed by atoms with Crippen LogP contribution >= 0.6 is 11.3 Å². The predicted octanol–water partition coefficient (Wildman–Crippen LogP) is 3.45. The number of thiazole rings is 1. The van der Waals surface area contributed by atoms with Crippen LogP contribution in [0.15, 0.2) is 48.8 Å². The standard InChI is InChI=1S/C21H20N4O2S/c1-13-4-6-15(7-5-13)19(26)25-21-24-18-16(8-9-17(18)28-21)20(27)23-12-14-3-2-10-22-11-14/h2-7,10-11,16H,8-9,12H2,1H3,(H,23,27)(H,24,25,26). The van der Waals surface area contributed by atoms with E-state index in [9.17, 15) is 9.59 Å². The first-order valence-electron chi connectivity index (χ1n) is 9.14. The Hall–Kier alpha value is -3.06. The maximum Gasteiger partial charge on any atom is 0.257 e. The average Bonchev–Trinajstić information content (AvgIpc) is 3.27. The summed E-state index contributed by atoms with van der Waals surface area (Å²) in [7, 11) is 0. The summed E-state index contributed by atoms with van der Waals surface area (Å²) in [4.78, 5) is 34.7. The van der Waals surface area contributed by atoms with Crippen molar-refractivity contribution in [3.63, 3.8) is 0 Å². The molecule has 7 heteroatoms. The van der Waals surface area contributed by atoms with E-state index in [1.165, 1.54) is 11.3 Å². The molecule has 1 aromatic carbocycles. The first-order chi connectivity index (χ1) is 13.6. The normalized spacial score (nSPS) is 15.1. The van der Waals surface area contributed by atoms with Gasteiger partial charge in [-0.15, -0.1) is 11.3 Å². The van der Waals surface area contributed by atoms with E-state index in [2.05, 4.69) is 20.6 Å². The lowest BCUT2D eigenvalue weighted by Gasteiger charge is -2.10. The van der Waals surface area contributed by atoms with E-state index in [4.69, 9.17) is 0 Å². The van der Waals surface area contributed by atoms with Gasteiger partial charge in [-0.3, -0.25) is 19.9 Å². The Balaban J connectivity index is 1.41. The van der Waals surface area contributed by atoms with E-state index in [0.717, 1.165) is 34.5 Å². The van der Waals surface area contributed by atoms with Gasteiger partial charge in [0.2, 0.25) is 5.91 Å². The lowest BCUT2D eigenvalue weighted by molar-refractivity contribution is -0.122. The summed E-state index contributed by atoms with van der Waals surface area (Å²) >= 11 is 1.45. The minimum absolute atomic E-state index is 0.0377. The van der Waals surface area contributed by atoms with Crippen LogP contribution in [0, 0.1) is 6.92 Å². The quantitative estimate of drug-likeness (QED) is 0.697. The number of amides is 2. The first-order valence-corrected chi connectivity index (χ1v) is 9.96. The number of aryl methyl sites for hydroxylation is 2. The van der Waals surface area contributed by atoms with E-state index >= 15 is 0 Å². The molecule has 28 heavy (non-hydrogen) atoms. The molecular weight excluding hydrogens is 372 g/mol. The fraction of sp³-hybridized carbons (Fsp3) is 0.238. The monoisotopic (exact) mass is 392 g/mol. The van der Waals surface area contributed by atoms with E-state index in [1.807, 2.05) is 31.2 Å². The summed E-state index contributed by atoms with van der Waals surface area (Å²) in [5, 5.41) is 6.36. The van der Waals surface area contributed by atoms with Crippen LogP contribution in [0.2, 0.25) is 0 Å². The topological polar surface area (TPSA) is 84.0 Å². The number of hydrogen-bond donors (Lipinski definition) is 2. The summed E-state index contributed by atoms with van der Waals surface area (Å²) in [6.07, 6.45) is 5.00. The van der Waals surface area contributed by atoms with Crippen molar-refractivity contribution in [1.82, 2.24) is 15.3 Å². The number of nitrogens with one attached hydrogen (secondary N) is 2. The largest absolute Gasteiger partial charge is 0.351 e. The Bertz CT molecular complexity index is 999. The molecule has 2 aromatic heterocycles. The molecule has 1 aliphatic rings. The fourth-order valence-electron chi connectivity index (χ4n) is 3.23. The zero-order chi connectivity index (χ0) is 19.5. The van der Waals surface area contributed by atoms with Gasteiger partial charge < -0.3 is 5.32 Å². The molecule has 0 bridgehead atoms. The second-order valence-corrected chi connectivity index (χ2v) is 7.90. The SMILES string of the molecule is Cc1ccc(C(=O)Nc2nc3c(s2)CCC3C(=O)NCc2cccnc2)cc1. The van der Waals surface area contributed by atoms with Crippen LogP contribution in [-0.4, -0.2) is 21.8 Å². The predicted molar refractivity (Wildman–Crippen MR) is 108 cm³/mol. The zero-order valence-corrected chi connectivity index (χ0v) is 16.3. The van der Waals surface area contributed by atoms with Gasteiger partial charge in [0, 0.05) is 29.4 Å². The van der Waals surface area contributed by atoms with Gasteiger partial charge in [0.1, 0.15) is 0 Å². The van der Waals surface area contributed by atoms with E-state index < -0.39 is 0 Å². The van der Waals surface area contributed by atoms with Gasteiger partial charge in [-0.2, -0.15) is 0 Å². The van der Waals surface area contributed by atoms with Crippen molar-refractivity contribution >= 4 is 28.3 Å². The molecule has 6 nitrogen and oxygen atoms in total. The Morgan fingerprint density at radius 1 is 1.21 bits per heavy atom. The van der Waals surface area contributed by atoms with Crippen molar-refractivity contribution in [3.8, 4) is 0 Å². The number of pyridine rings is 1. The fourth-order valence-corrected chi connectivity index (χ4v) is 4.26. The van der Waals surface area contributed by atoms with Crippen LogP contribution in [0.25, 0.3) is 0 Å². The Morgan fingerprint density at radius 2 is 2.04 bits per heavy atom. The molecular formula is C21H20N4O2S. The van der Waals surface area contributed by atoms with Crippen molar-refractivity contribution in [2.45, 2.75) is 32.2 Å². The lowest BCUT2D eigenvalue weighted by atomic mass is 10.1. The highest BCUT2D eigenvalue weighted by Gasteiger charge is 2.32. The highest BCUT2D eigenvalue weighted by Crippen LogP contribution is 2.38. The molecule has 3 aromatic rings. The Labute approximate surface area is 167 Å². The van der Waals surface area contributed by atoms with Crippen molar-refractivity contribution in [3.05, 3.63) is 76.1 Å². The molecule has 142 valence electrons. The van der Waals surface area contributed by atoms with Gasteiger partial charge >= 0.3 is 0 Å². The molecule has 2 heterocycles. The Kier molecular flexibility index (Phi) is 5.16. The van der Waals surface area contributed by atoms with Crippen molar-refractivity contribution < 1.29 is 9.59 Å². The van der Waals surface area contributed by atoms with E-state index in [-0.39, 0.29) is 17.7 Å². The van der Waals surface area contributed by atoms with Crippen LogP contribution < -0.4 is 10.6 Å². The number of fused-ring (bicyclic) bond motifs is 1. The number of nitrogens with zero attached hydrogens (tertiary/aromatic N) is 2. The number of anilines is 1. The van der Waals surface area contributed by atoms with Crippen molar-refractivity contribution in [2.75, 3.05) is 5.32 Å². The maximum atomic E-state index is 12.6. The van der Waals surface area contributed by atoms with Gasteiger partial charge in [0.15, 0.2) is 5.13 Å².